The van der Waals surface area contributed by atoms with E-state index in [2.05, 4.69) is 0 Å². The zero-order valence-electron chi connectivity index (χ0n) is 6.92. The highest BCUT2D eigenvalue weighted by molar-refractivity contribution is 7.87. The minimum Gasteiger partial charge on any atom is -0.195 e. The molecule has 0 heterocycles. The van der Waals surface area contributed by atoms with Crippen molar-refractivity contribution in [3.63, 3.8) is 0 Å². The van der Waals surface area contributed by atoms with Gasteiger partial charge in [-0.2, -0.15) is 8.42 Å². The van der Waals surface area contributed by atoms with E-state index >= 15 is 0 Å². The Morgan fingerprint density at radius 1 is 1.25 bits per heavy atom. The van der Waals surface area contributed by atoms with Crippen LogP contribution in [0, 0.1) is 5.41 Å². The summed E-state index contributed by atoms with van der Waals surface area (Å²) in [7, 11) is -4.26. The fourth-order valence-corrected chi connectivity index (χ4v) is 3.26. The molecule has 2 fully saturated rings. The van der Waals surface area contributed by atoms with Crippen molar-refractivity contribution in [1.82, 2.24) is 0 Å². The average Bonchev–Trinajstić information content (AvgIpc) is 2.68. The van der Waals surface area contributed by atoms with E-state index in [9.17, 15) is 12.3 Å². The van der Waals surface area contributed by atoms with Crippen LogP contribution >= 0.6 is 0 Å². The van der Waals surface area contributed by atoms with Gasteiger partial charge in [0.1, 0.15) is 0 Å². The van der Waals surface area contributed by atoms with Gasteiger partial charge >= 0.3 is 10.2 Å². The van der Waals surface area contributed by atoms with Crippen LogP contribution in [0.4, 0.5) is 3.89 Å². The molecule has 0 aromatic rings. The molecule has 0 N–H and O–H groups in total. The summed E-state index contributed by atoms with van der Waals surface area (Å²) in [6.07, 6.45) is 5.32. The van der Waals surface area contributed by atoms with E-state index in [4.69, 9.17) is 0 Å². The fourth-order valence-electron chi connectivity index (χ4n) is 2.26. The molecule has 0 amide bonds. The normalized spacial score (nSPS) is 33.6. The summed E-state index contributed by atoms with van der Waals surface area (Å²) in [4.78, 5) is 0. The monoisotopic (exact) mass is 192 g/mol. The molecule has 0 aliphatic heterocycles. The highest BCUT2D eigenvalue weighted by Crippen LogP contribution is 2.57. The Labute approximate surface area is 72.4 Å². The van der Waals surface area contributed by atoms with E-state index < -0.39 is 15.5 Å². The van der Waals surface area contributed by atoms with E-state index in [1.165, 1.54) is 0 Å². The number of hydrogen-bond donors (Lipinski definition) is 0. The zero-order valence-corrected chi connectivity index (χ0v) is 7.74. The molecule has 4 heteroatoms. The van der Waals surface area contributed by atoms with Crippen molar-refractivity contribution in [1.29, 1.82) is 0 Å². The molecule has 0 radical (unpaired) electrons. The van der Waals surface area contributed by atoms with E-state index in [0.717, 1.165) is 25.7 Å². The minimum atomic E-state index is -4.26. The first-order valence-corrected chi connectivity index (χ1v) is 5.90. The smallest absolute Gasteiger partial charge is 0.195 e. The predicted octanol–water partition coefficient (Wildman–Crippen LogP) is 2.01. The Kier molecular flexibility index (Phi) is 1.72. The van der Waals surface area contributed by atoms with Crippen molar-refractivity contribution >= 4 is 10.2 Å². The largest absolute Gasteiger partial charge is 0.305 e. The Hall–Kier alpha value is -0.120. The molecule has 0 saturated heterocycles. The van der Waals surface area contributed by atoms with Gasteiger partial charge in [-0.3, -0.25) is 0 Å². The van der Waals surface area contributed by atoms with Gasteiger partial charge in [-0.25, -0.2) is 0 Å². The number of halogens is 1. The molecule has 2 saturated carbocycles. The molecule has 70 valence electrons. The van der Waals surface area contributed by atoms with Gasteiger partial charge in [0.2, 0.25) is 0 Å². The van der Waals surface area contributed by atoms with Gasteiger partial charge in [0, 0.05) is 0 Å². The van der Waals surface area contributed by atoms with Crippen molar-refractivity contribution in [2.75, 3.05) is 0 Å². The van der Waals surface area contributed by atoms with Gasteiger partial charge in [0.25, 0.3) is 0 Å². The van der Waals surface area contributed by atoms with E-state index in [1.54, 1.807) is 0 Å². The van der Waals surface area contributed by atoms with Crippen molar-refractivity contribution in [2.45, 2.75) is 43.8 Å². The zero-order chi connectivity index (χ0) is 8.82. The molecular weight excluding hydrogens is 179 g/mol. The molecule has 0 aromatic carbocycles. The summed E-state index contributed by atoms with van der Waals surface area (Å²) in [6, 6.07) is 0. The molecule has 2 aliphatic carbocycles. The van der Waals surface area contributed by atoms with E-state index in [-0.39, 0.29) is 5.41 Å². The minimum absolute atomic E-state index is 0.238. The van der Waals surface area contributed by atoms with Crippen molar-refractivity contribution < 1.29 is 12.3 Å². The summed E-state index contributed by atoms with van der Waals surface area (Å²) < 4.78 is 33.9. The van der Waals surface area contributed by atoms with Gasteiger partial charge in [-0.1, -0.05) is 6.42 Å². The van der Waals surface area contributed by atoms with Gasteiger partial charge in [0.15, 0.2) is 0 Å². The molecule has 2 aliphatic rings. The highest BCUT2D eigenvalue weighted by Gasteiger charge is 2.48. The molecule has 1 unspecified atom stereocenters. The second-order valence-electron chi connectivity index (χ2n) is 4.19. The van der Waals surface area contributed by atoms with Gasteiger partial charge in [-0.15, -0.1) is 3.89 Å². The molecule has 2 nitrogen and oxygen atoms in total. The molecule has 1 atom stereocenters. The lowest BCUT2D eigenvalue weighted by Gasteiger charge is -2.25. The Balaban J connectivity index is 2.09. The number of hydrogen-bond acceptors (Lipinski definition) is 2. The highest BCUT2D eigenvalue weighted by atomic mass is 32.3. The molecule has 12 heavy (non-hydrogen) atoms. The van der Waals surface area contributed by atoms with Gasteiger partial charge in [-0.05, 0) is 37.5 Å². The molecule has 1 spiro atoms. The van der Waals surface area contributed by atoms with E-state index in [0.29, 0.717) is 12.8 Å². The number of rotatable bonds is 1. The molecule has 2 rings (SSSR count). The van der Waals surface area contributed by atoms with Crippen LogP contribution in [0.3, 0.4) is 0 Å². The van der Waals surface area contributed by atoms with Crippen molar-refractivity contribution in [3.05, 3.63) is 0 Å². The lowest BCUT2D eigenvalue weighted by Crippen LogP contribution is -2.26. The lowest BCUT2D eigenvalue weighted by molar-refractivity contribution is 0.330. The first-order chi connectivity index (χ1) is 5.52. The second-order valence-corrected chi connectivity index (χ2v) is 5.81. The average molecular weight is 192 g/mol. The van der Waals surface area contributed by atoms with Crippen LogP contribution < -0.4 is 0 Å². The lowest BCUT2D eigenvalue weighted by atomic mass is 9.86. The first-order valence-electron chi connectivity index (χ1n) is 4.45. The van der Waals surface area contributed by atoms with Gasteiger partial charge < -0.3 is 0 Å². The van der Waals surface area contributed by atoms with Crippen LogP contribution in [0.1, 0.15) is 38.5 Å². The molecule has 0 bridgehead atoms. The topological polar surface area (TPSA) is 34.1 Å². The fraction of sp³-hybridized carbons (Fsp3) is 1.00. The Morgan fingerprint density at radius 2 is 1.92 bits per heavy atom. The predicted molar refractivity (Wildman–Crippen MR) is 44.0 cm³/mol. The second kappa shape index (κ2) is 2.44. The molecule has 0 aromatic heterocycles. The summed E-state index contributed by atoms with van der Waals surface area (Å²) in [5.74, 6) is 0. The standard InChI is InChI=1S/C8H13FO2S/c9-12(10,11)7-2-1-3-8(6-7)4-5-8/h7H,1-6H2. The first kappa shape index (κ1) is 8.48. The maximum Gasteiger partial charge on any atom is 0.305 e. The Morgan fingerprint density at radius 3 is 2.42 bits per heavy atom. The van der Waals surface area contributed by atoms with Gasteiger partial charge in [0.05, 0.1) is 5.25 Å². The van der Waals surface area contributed by atoms with Crippen molar-refractivity contribution in [2.24, 2.45) is 5.41 Å². The third-order valence-electron chi connectivity index (χ3n) is 3.25. The summed E-state index contributed by atoms with van der Waals surface area (Å²) >= 11 is 0. The third kappa shape index (κ3) is 1.49. The summed E-state index contributed by atoms with van der Waals surface area (Å²) in [6.45, 7) is 0. The van der Waals surface area contributed by atoms with Crippen LogP contribution in [0.5, 0.6) is 0 Å². The SMILES string of the molecule is O=S(=O)(F)C1CCCC2(CC2)C1. The van der Waals surface area contributed by atoms with Crippen LogP contribution in [0.25, 0.3) is 0 Å². The van der Waals surface area contributed by atoms with Crippen LogP contribution in [-0.2, 0) is 10.2 Å². The molecular formula is C8H13FO2S. The summed E-state index contributed by atoms with van der Waals surface area (Å²) in [5.41, 5.74) is 0.238. The Bertz CT molecular complexity index is 279. The maximum absolute atomic E-state index is 12.6. The van der Waals surface area contributed by atoms with Crippen LogP contribution in [0.15, 0.2) is 0 Å². The van der Waals surface area contributed by atoms with E-state index in [1.807, 2.05) is 0 Å². The maximum atomic E-state index is 12.6. The quantitative estimate of drug-likeness (QED) is 0.595. The van der Waals surface area contributed by atoms with Crippen molar-refractivity contribution in [3.8, 4) is 0 Å². The van der Waals surface area contributed by atoms with Crippen LogP contribution in [-0.4, -0.2) is 13.7 Å². The van der Waals surface area contributed by atoms with Crippen LogP contribution in [0.2, 0.25) is 0 Å². The third-order valence-corrected chi connectivity index (χ3v) is 4.45. The summed E-state index contributed by atoms with van der Waals surface area (Å²) in [5, 5.41) is -0.686.